The van der Waals surface area contributed by atoms with E-state index < -0.39 is 30.3 Å². The van der Waals surface area contributed by atoms with Crippen LogP contribution in [0.25, 0.3) is 0 Å². The van der Waals surface area contributed by atoms with E-state index >= 15 is 0 Å². The van der Waals surface area contributed by atoms with Crippen molar-refractivity contribution in [1.29, 1.82) is 0 Å². The number of imide groups is 1. The number of benzene rings is 2. The van der Waals surface area contributed by atoms with Crippen LogP contribution < -0.4 is 10.2 Å². The maximum atomic E-state index is 12.2. The molecular weight excluding hydrogens is 364 g/mol. The van der Waals surface area contributed by atoms with Crippen molar-refractivity contribution in [2.45, 2.75) is 13.3 Å². The summed E-state index contributed by atoms with van der Waals surface area (Å²) in [4.78, 5) is 48.2. The zero-order valence-corrected chi connectivity index (χ0v) is 15.1. The number of fused-ring (bicyclic) bond motifs is 1. The number of nitrogens with zero attached hydrogens (tertiary/aromatic N) is 1. The van der Waals surface area contributed by atoms with E-state index in [1.807, 2.05) is 6.92 Å². The summed E-state index contributed by atoms with van der Waals surface area (Å²) in [6, 6.07) is 12.4. The van der Waals surface area contributed by atoms with E-state index in [0.717, 1.165) is 6.42 Å². The molecule has 0 radical (unpaired) electrons. The van der Waals surface area contributed by atoms with Crippen molar-refractivity contribution in [2.24, 2.45) is 0 Å². The molecule has 0 aliphatic carbocycles. The van der Waals surface area contributed by atoms with Crippen LogP contribution in [0, 0.1) is 0 Å². The van der Waals surface area contributed by atoms with Crippen LogP contribution in [-0.4, -0.2) is 41.9 Å². The first-order valence-corrected chi connectivity index (χ1v) is 8.68. The Kier molecular flexibility index (Phi) is 5.69. The second kappa shape index (κ2) is 8.34. The molecule has 3 rings (SSSR count). The summed E-state index contributed by atoms with van der Waals surface area (Å²) < 4.78 is 10.4. The Morgan fingerprint density at radius 2 is 1.57 bits per heavy atom. The highest BCUT2D eigenvalue weighted by molar-refractivity contribution is 6.21. The Bertz CT molecular complexity index is 888. The van der Waals surface area contributed by atoms with Gasteiger partial charge in [-0.2, -0.15) is 5.01 Å². The predicted octanol–water partition coefficient (Wildman–Crippen LogP) is 1.96. The minimum absolute atomic E-state index is 0.235. The third kappa shape index (κ3) is 4.01. The molecule has 1 aliphatic rings. The SMILES string of the molecule is CCCOC(=O)c1ccc(OCC(=O)NN2C(=O)c3ccccc3C2=O)cc1. The predicted molar refractivity (Wildman–Crippen MR) is 97.6 cm³/mol. The third-order valence-electron chi connectivity index (χ3n) is 3.93. The lowest BCUT2D eigenvalue weighted by Gasteiger charge is -2.15. The van der Waals surface area contributed by atoms with Gasteiger partial charge in [0.1, 0.15) is 5.75 Å². The number of hydrogen-bond donors (Lipinski definition) is 1. The number of rotatable bonds is 7. The van der Waals surface area contributed by atoms with Crippen LogP contribution in [0.15, 0.2) is 48.5 Å². The molecular formula is C20H18N2O6. The molecule has 0 spiro atoms. The largest absolute Gasteiger partial charge is 0.484 e. The Morgan fingerprint density at radius 3 is 2.14 bits per heavy atom. The maximum absolute atomic E-state index is 12.2. The average molecular weight is 382 g/mol. The van der Waals surface area contributed by atoms with Crippen molar-refractivity contribution >= 4 is 23.7 Å². The van der Waals surface area contributed by atoms with Crippen LogP contribution in [0.1, 0.15) is 44.4 Å². The van der Waals surface area contributed by atoms with Crippen molar-refractivity contribution < 1.29 is 28.7 Å². The third-order valence-corrected chi connectivity index (χ3v) is 3.93. The lowest BCUT2D eigenvalue weighted by atomic mass is 10.1. The Hall–Kier alpha value is -3.68. The van der Waals surface area contributed by atoms with E-state index in [4.69, 9.17) is 9.47 Å². The molecule has 0 saturated carbocycles. The fraction of sp³-hybridized carbons (Fsp3) is 0.200. The van der Waals surface area contributed by atoms with Crippen molar-refractivity contribution in [2.75, 3.05) is 13.2 Å². The van der Waals surface area contributed by atoms with Crippen LogP contribution >= 0.6 is 0 Å². The Labute approximate surface area is 161 Å². The van der Waals surface area contributed by atoms with Gasteiger partial charge in [-0.15, -0.1) is 0 Å². The fourth-order valence-electron chi connectivity index (χ4n) is 2.56. The van der Waals surface area contributed by atoms with Crippen LogP contribution in [0.4, 0.5) is 0 Å². The van der Waals surface area contributed by atoms with E-state index in [2.05, 4.69) is 5.43 Å². The summed E-state index contributed by atoms with van der Waals surface area (Å²) in [6.45, 7) is 1.83. The smallest absolute Gasteiger partial charge is 0.338 e. The van der Waals surface area contributed by atoms with Gasteiger partial charge in [-0.3, -0.25) is 19.8 Å². The Morgan fingerprint density at radius 1 is 0.964 bits per heavy atom. The number of carbonyl (C=O) groups excluding carboxylic acids is 4. The van der Waals surface area contributed by atoms with Crippen LogP contribution in [0.3, 0.4) is 0 Å². The molecule has 28 heavy (non-hydrogen) atoms. The highest BCUT2D eigenvalue weighted by Crippen LogP contribution is 2.20. The van der Waals surface area contributed by atoms with E-state index in [-0.39, 0.29) is 11.1 Å². The highest BCUT2D eigenvalue weighted by atomic mass is 16.5. The number of amides is 3. The summed E-state index contributed by atoms with van der Waals surface area (Å²) in [5.41, 5.74) is 3.09. The van der Waals surface area contributed by atoms with Gasteiger partial charge in [-0.1, -0.05) is 19.1 Å². The minimum atomic E-state index is -0.666. The van der Waals surface area contributed by atoms with Crippen LogP contribution in [-0.2, 0) is 9.53 Å². The lowest BCUT2D eigenvalue weighted by molar-refractivity contribution is -0.126. The highest BCUT2D eigenvalue weighted by Gasteiger charge is 2.36. The number of ether oxygens (including phenoxy) is 2. The molecule has 1 N–H and O–H groups in total. The number of carbonyl (C=O) groups is 4. The number of esters is 1. The van der Waals surface area contributed by atoms with Gasteiger partial charge in [-0.05, 0) is 42.8 Å². The number of hydrazine groups is 1. The average Bonchev–Trinajstić information content (AvgIpc) is 2.96. The number of hydrogen-bond acceptors (Lipinski definition) is 6. The van der Waals surface area contributed by atoms with E-state index in [1.54, 1.807) is 12.1 Å². The second-order valence-electron chi connectivity index (χ2n) is 5.98. The molecule has 8 nitrogen and oxygen atoms in total. The first-order chi connectivity index (χ1) is 13.5. The molecule has 2 aromatic rings. The molecule has 0 bridgehead atoms. The summed E-state index contributed by atoms with van der Waals surface area (Å²) in [7, 11) is 0. The van der Waals surface area contributed by atoms with Crippen LogP contribution in [0.5, 0.6) is 5.75 Å². The van der Waals surface area contributed by atoms with Crippen molar-refractivity contribution in [3.8, 4) is 5.75 Å². The minimum Gasteiger partial charge on any atom is -0.484 e. The number of nitrogens with one attached hydrogen (secondary N) is 1. The van der Waals surface area contributed by atoms with E-state index in [1.165, 1.54) is 36.4 Å². The van der Waals surface area contributed by atoms with E-state index in [9.17, 15) is 19.2 Å². The monoisotopic (exact) mass is 382 g/mol. The summed E-state index contributed by atoms with van der Waals surface area (Å²) in [5, 5.41) is 0.670. The first kappa shape index (κ1) is 19.1. The molecule has 0 atom stereocenters. The molecule has 144 valence electrons. The topological polar surface area (TPSA) is 102 Å². The van der Waals surface area contributed by atoms with Gasteiger partial charge in [-0.25, -0.2) is 4.79 Å². The molecule has 0 aromatic heterocycles. The summed E-state index contributed by atoms with van der Waals surface area (Å²) >= 11 is 0. The Balaban J connectivity index is 1.53. The fourth-order valence-corrected chi connectivity index (χ4v) is 2.56. The molecule has 1 aliphatic heterocycles. The van der Waals surface area contributed by atoms with Crippen LogP contribution in [0.2, 0.25) is 0 Å². The second-order valence-corrected chi connectivity index (χ2v) is 5.98. The van der Waals surface area contributed by atoms with Crippen molar-refractivity contribution in [3.05, 3.63) is 65.2 Å². The summed E-state index contributed by atoms with van der Waals surface area (Å²) in [6.07, 6.45) is 0.731. The van der Waals surface area contributed by atoms with Gasteiger partial charge >= 0.3 is 5.97 Å². The first-order valence-electron chi connectivity index (χ1n) is 8.68. The zero-order chi connectivity index (χ0) is 20.1. The van der Waals surface area contributed by atoms with Gasteiger partial charge in [0, 0.05) is 0 Å². The standard InChI is InChI=1S/C20H18N2O6/c1-2-11-27-20(26)13-7-9-14(10-8-13)28-12-17(23)21-22-18(24)15-5-3-4-6-16(15)19(22)25/h3-10H,2,11-12H2,1H3,(H,21,23). The molecule has 0 saturated heterocycles. The molecule has 3 amide bonds. The molecule has 2 aromatic carbocycles. The summed E-state index contributed by atoms with van der Waals surface area (Å²) in [5.74, 6) is -1.94. The van der Waals surface area contributed by atoms with Gasteiger partial charge in [0.25, 0.3) is 17.7 Å². The quantitative estimate of drug-likeness (QED) is 0.580. The molecule has 0 unspecified atom stereocenters. The van der Waals surface area contributed by atoms with Gasteiger partial charge in [0.2, 0.25) is 0 Å². The van der Waals surface area contributed by atoms with Gasteiger partial charge in [0.15, 0.2) is 6.61 Å². The van der Waals surface area contributed by atoms with Gasteiger partial charge in [0.05, 0.1) is 23.3 Å². The molecule has 0 fully saturated rings. The normalized spacial score (nSPS) is 12.5. The van der Waals surface area contributed by atoms with Crippen molar-refractivity contribution in [1.82, 2.24) is 10.4 Å². The van der Waals surface area contributed by atoms with Gasteiger partial charge < -0.3 is 9.47 Å². The van der Waals surface area contributed by atoms with E-state index in [0.29, 0.717) is 22.9 Å². The molecule has 1 heterocycles. The maximum Gasteiger partial charge on any atom is 0.338 e. The zero-order valence-electron chi connectivity index (χ0n) is 15.1. The van der Waals surface area contributed by atoms with Crippen molar-refractivity contribution in [3.63, 3.8) is 0 Å². The lowest BCUT2D eigenvalue weighted by Crippen LogP contribution is -2.47. The molecule has 8 heteroatoms.